The quantitative estimate of drug-likeness (QED) is 0.822. The number of nitrogens with zero attached hydrogens (tertiary/aromatic N) is 6. The number of hydrogen-bond acceptors (Lipinski definition) is 6. The van der Waals surface area contributed by atoms with Gasteiger partial charge in [-0.2, -0.15) is 0 Å². The van der Waals surface area contributed by atoms with Crippen molar-refractivity contribution in [3.05, 3.63) is 47.2 Å². The number of hydrogen-bond donors (Lipinski definition) is 0. The fourth-order valence-electron chi connectivity index (χ4n) is 3.31. The van der Waals surface area contributed by atoms with E-state index in [1.165, 1.54) is 0 Å². The summed E-state index contributed by atoms with van der Waals surface area (Å²) in [4.78, 5) is 21.0. The maximum Gasteiger partial charge on any atom is 0.132 e. The lowest BCUT2D eigenvalue weighted by Crippen LogP contribution is -2.45. The molecule has 2 aromatic rings. The number of pyridine rings is 1. The predicted molar refractivity (Wildman–Crippen MR) is 105 cm³/mol. The van der Waals surface area contributed by atoms with Gasteiger partial charge >= 0.3 is 0 Å². The number of likely N-dealkylation sites (N-methyl/N-ethyl adjacent to an activating group) is 1. The molecule has 6 heteroatoms. The molecule has 1 aliphatic rings. The van der Waals surface area contributed by atoms with Gasteiger partial charge in [-0.05, 0) is 47.0 Å². The Kier molecular flexibility index (Phi) is 5.84. The Hall–Kier alpha value is -2.05. The lowest BCUT2D eigenvalue weighted by Gasteiger charge is -2.33. The molecule has 0 bridgehead atoms. The van der Waals surface area contributed by atoms with Gasteiger partial charge in [0, 0.05) is 50.5 Å². The zero-order chi connectivity index (χ0) is 18.7. The molecule has 26 heavy (non-hydrogen) atoms. The lowest BCUT2D eigenvalue weighted by atomic mass is 10.1. The largest absolute Gasteiger partial charge is 0.354 e. The van der Waals surface area contributed by atoms with E-state index in [4.69, 9.17) is 0 Å². The molecule has 0 aromatic carbocycles. The van der Waals surface area contributed by atoms with Crippen molar-refractivity contribution in [1.82, 2.24) is 24.8 Å². The minimum atomic E-state index is 0.234. The lowest BCUT2D eigenvalue weighted by molar-refractivity contribution is 0.245. The van der Waals surface area contributed by atoms with E-state index in [1.807, 2.05) is 19.9 Å². The minimum Gasteiger partial charge on any atom is -0.354 e. The molecule has 1 saturated heterocycles. The molecule has 1 fully saturated rings. The summed E-state index contributed by atoms with van der Waals surface area (Å²) in [6, 6.07) is 8.58. The van der Waals surface area contributed by atoms with Crippen LogP contribution in [0, 0.1) is 13.8 Å². The highest BCUT2D eigenvalue weighted by molar-refractivity contribution is 5.40. The van der Waals surface area contributed by atoms with Crippen molar-refractivity contribution in [3.63, 3.8) is 0 Å². The summed E-state index contributed by atoms with van der Waals surface area (Å²) in [5, 5.41) is 0. The van der Waals surface area contributed by atoms with Gasteiger partial charge in [-0.15, -0.1) is 0 Å². The second kappa shape index (κ2) is 8.10. The fraction of sp³-hybridized carbons (Fsp3) is 0.550. The fourth-order valence-corrected chi connectivity index (χ4v) is 3.31. The standard InChI is InChI=1S/C20H30N6/c1-15-7-6-8-19(21-15)16(2)25(5)14-18-13-20(23-17(3)22-18)26-11-9-24(4)10-12-26/h6-8,13,16H,9-12,14H2,1-5H3. The second-order valence-corrected chi connectivity index (χ2v) is 7.35. The van der Waals surface area contributed by atoms with Crippen LogP contribution in [-0.2, 0) is 6.54 Å². The van der Waals surface area contributed by atoms with E-state index >= 15 is 0 Å². The maximum absolute atomic E-state index is 4.67. The normalized spacial score (nSPS) is 16.9. The Morgan fingerprint density at radius 3 is 2.50 bits per heavy atom. The van der Waals surface area contributed by atoms with Crippen LogP contribution in [0.4, 0.5) is 5.82 Å². The first-order valence-corrected chi connectivity index (χ1v) is 9.34. The van der Waals surface area contributed by atoms with Crippen LogP contribution in [-0.4, -0.2) is 65.0 Å². The number of rotatable bonds is 5. The Balaban J connectivity index is 1.72. The smallest absolute Gasteiger partial charge is 0.132 e. The van der Waals surface area contributed by atoms with Gasteiger partial charge in [0.15, 0.2) is 0 Å². The predicted octanol–water partition coefficient (Wildman–Crippen LogP) is 2.43. The third-order valence-electron chi connectivity index (χ3n) is 5.12. The zero-order valence-electron chi connectivity index (χ0n) is 16.6. The maximum atomic E-state index is 4.67. The van der Waals surface area contributed by atoms with Gasteiger partial charge in [0.1, 0.15) is 11.6 Å². The summed E-state index contributed by atoms with van der Waals surface area (Å²) in [6.07, 6.45) is 0. The Labute approximate surface area is 156 Å². The summed E-state index contributed by atoms with van der Waals surface area (Å²) in [5.74, 6) is 1.89. The third kappa shape index (κ3) is 4.56. The number of anilines is 1. The minimum absolute atomic E-state index is 0.234. The molecular formula is C20H30N6. The zero-order valence-corrected chi connectivity index (χ0v) is 16.6. The summed E-state index contributed by atoms with van der Waals surface area (Å²) in [7, 11) is 4.30. The molecule has 140 valence electrons. The van der Waals surface area contributed by atoms with Gasteiger partial charge in [0.2, 0.25) is 0 Å². The van der Waals surface area contributed by atoms with Crippen LogP contribution in [0.15, 0.2) is 24.3 Å². The molecule has 0 N–H and O–H groups in total. The Bertz CT molecular complexity index is 739. The van der Waals surface area contributed by atoms with Crippen molar-refractivity contribution < 1.29 is 0 Å². The monoisotopic (exact) mass is 354 g/mol. The van der Waals surface area contributed by atoms with Crippen molar-refractivity contribution >= 4 is 5.82 Å². The highest BCUT2D eigenvalue weighted by atomic mass is 15.3. The highest BCUT2D eigenvalue weighted by Crippen LogP contribution is 2.21. The topological polar surface area (TPSA) is 48.4 Å². The molecule has 3 rings (SSSR count). The summed E-state index contributed by atoms with van der Waals surface area (Å²) in [6.45, 7) is 11.2. The van der Waals surface area contributed by atoms with Crippen molar-refractivity contribution in [1.29, 1.82) is 0 Å². The average molecular weight is 355 g/mol. The van der Waals surface area contributed by atoms with Gasteiger partial charge in [-0.25, -0.2) is 9.97 Å². The molecule has 2 aromatic heterocycles. The van der Waals surface area contributed by atoms with Gasteiger partial charge in [-0.1, -0.05) is 6.07 Å². The molecule has 1 aliphatic heterocycles. The number of aromatic nitrogens is 3. The second-order valence-electron chi connectivity index (χ2n) is 7.35. The molecule has 0 amide bonds. The number of piperazine rings is 1. The van der Waals surface area contributed by atoms with Gasteiger partial charge < -0.3 is 9.80 Å². The van der Waals surface area contributed by atoms with Gasteiger partial charge in [0.25, 0.3) is 0 Å². The molecule has 1 atom stereocenters. The van der Waals surface area contributed by atoms with E-state index in [0.717, 1.165) is 61.4 Å². The molecule has 0 saturated carbocycles. The van der Waals surface area contributed by atoms with Crippen molar-refractivity contribution in [3.8, 4) is 0 Å². The molecule has 3 heterocycles. The molecule has 0 radical (unpaired) electrons. The van der Waals surface area contributed by atoms with E-state index in [1.54, 1.807) is 0 Å². The summed E-state index contributed by atoms with van der Waals surface area (Å²) < 4.78 is 0. The Morgan fingerprint density at radius 2 is 1.81 bits per heavy atom. The first-order valence-electron chi connectivity index (χ1n) is 9.34. The highest BCUT2D eigenvalue weighted by Gasteiger charge is 2.18. The van der Waals surface area contributed by atoms with Gasteiger partial charge in [-0.3, -0.25) is 9.88 Å². The molecule has 6 nitrogen and oxygen atoms in total. The molecular weight excluding hydrogens is 324 g/mol. The van der Waals surface area contributed by atoms with Crippen molar-refractivity contribution in [2.24, 2.45) is 0 Å². The summed E-state index contributed by atoms with van der Waals surface area (Å²) >= 11 is 0. The molecule has 1 unspecified atom stereocenters. The van der Waals surface area contributed by atoms with E-state index in [2.05, 4.69) is 68.9 Å². The first-order chi connectivity index (χ1) is 12.4. The van der Waals surface area contributed by atoms with Gasteiger partial charge in [0.05, 0.1) is 11.4 Å². The van der Waals surface area contributed by atoms with Crippen LogP contribution < -0.4 is 4.90 Å². The molecule has 0 spiro atoms. The van der Waals surface area contributed by atoms with Crippen molar-refractivity contribution in [2.45, 2.75) is 33.4 Å². The number of aryl methyl sites for hydroxylation is 2. The SMILES string of the molecule is Cc1cccc(C(C)N(C)Cc2cc(N3CCN(C)CC3)nc(C)n2)n1. The van der Waals surface area contributed by atoms with Crippen LogP contribution >= 0.6 is 0 Å². The van der Waals surface area contributed by atoms with Crippen LogP contribution in [0.2, 0.25) is 0 Å². The average Bonchev–Trinajstić information content (AvgIpc) is 2.61. The Morgan fingerprint density at radius 1 is 1.08 bits per heavy atom. The van der Waals surface area contributed by atoms with E-state index in [0.29, 0.717) is 0 Å². The van der Waals surface area contributed by atoms with E-state index in [9.17, 15) is 0 Å². The van der Waals surface area contributed by atoms with Crippen LogP contribution in [0.3, 0.4) is 0 Å². The van der Waals surface area contributed by atoms with Crippen molar-refractivity contribution in [2.75, 3.05) is 45.2 Å². The summed E-state index contributed by atoms with van der Waals surface area (Å²) in [5.41, 5.74) is 3.21. The van der Waals surface area contributed by atoms with Crippen LogP contribution in [0.1, 0.15) is 35.9 Å². The van der Waals surface area contributed by atoms with E-state index < -0.39 is 0 Å². The molecule has 0 aliphatic carbocycles. The van der Waals surface area contributed by atoms with E-state index in [-0.39, 0.29) is 6.04 Å². The first kappa shape index (κ1) is 18.7. The van der Waals surface area contributed by atoms with Crippen LogP contribution in [0.25, 0.3) is 0 Å². The third-order valence-corrected chi connectivity index (χ3v) is 5.12. The van der Waals surface area contributed by atoms with Crippen LogP contribution in [0.5, 0.6) is 0 Å².